The zero-order valence-electron chi connectivity index (χ0n) is 6.33. The first kappa shape index (κ1) is 7.03. The van der Waals surface area contributed by atoms with Crippen molar-refractivity contribution in [1.29, 1.82) is 0 Å². The molecule has 2 aliphatic rings. The highest BCUT2D eigenvalue weighted by Gasteiger charge is 2.21. The predicted molar refractivity (Wildman–Crippen MR) is 43.1 cm³/mol. The number of carbonyl (C=O) groups is 2. The molecule has 0 radical (unpaired) electrons. The van der Waals surface area contributed by atoms with Crippen molar-refractivity contribution in [1.82, 2.24) is 5.32 Å². The molecule has 1 heterocycles. The molecule has 0 bridgehead atoms. The second kappa shape index (κ2) is 2.44. The summed E-state index contributed by atoms with van der Waals surface area (Å²) in [6.45, 7) is 0. The molecule has 12 heavy (non-hydrogen) atoms. The van der Waals surface area contributed by atoms with Crippen LogP contribution >= 0.6 is 0 Å². The van der Waals surface area contributed by atoms with E-state index in [9.17, 15) is 9.59 Å². The lowest BCUT2D eigenvalue weighted by Crippen LogP contribution is -2.34. The number of amides is 1. The maximum Gasteiger partial charge on any atom is 0.296 e. The van der Waals surface area contributed by atoms with Gasteiger partial charge in [-0.2, -0.15) is 0 Å². The summed E-state index contributed by atoms with van der Waals surface area (Å²) in [5, 5.41) is 2.52. The molecule has 0 fully saturated rings. The lowest BCUT2D eigenvalue weighted by Gasteiger charge is -2.17. The van der Waals surface area contributed by atoms with Gasteiger partial charge in [0.25, 0.3) is 5.91 Å². The number of ketones is 1. The smallest absolute Gasteiger partial charge is 0.296 e. The monoisotopic (exact) mass is 161 g/mol. The van der Waals surface area contributed by atoms with E-state index >= 15 is 0 Å². The summed E-state index contributed by atoms with van der Waals surface area (Å²) >= 11 is 0. The average Bonchev–Trinajstić information content (AvgIpc) is 2.07. The van der Waals surface area contributed by atoms with Crippen LogP contribution in [0.3, 0.4) is 0 Å². The molecule has 3 heteroatoms. The van der Waals surface area contributed by atoms with Crippen LogP contribution in [0.4, 0.5) is 0 Å². The number of allylic oxidation sites excluding steroid dienone is 4. The van der Waals surface area contributed by atoms with Crippen molar-refractivity contribution in [3.05, 3.63) is 35.6 Å². The quantitative estimate of drug-likeness (QED) is 0.524. The van der Waals surface area contributed by atoms with Gasteiger partial charge in [0.05, 0.1) is 0 Å². The van der Waals surface area contributed by atoms with E-state index in [4.69, 9.17) is 0 Å². The molecule has 0 aromatic carbocycles. The topological polar surface area (TPSA) is 46.2 Å². The molecule has 1 amide bonds. The van der Waals surface area contributed by atoms with Crippen LogP contribution in [0.15, 0.2) is 35.6 Å². The van der Waals surface area contributed by atoms with E-state index in [0.29, 0.717) is 0 Å². The zero-order chi connectivity index (χ0) is 8.55. The van der Waals surface area contributed by atoms with E-state index in [-0.39, 0.29) is 0 Å². The van der Waals surface area contributed by atoms with Crippen LogP contribution in [0.25, 0.3) is 0 Å². The fraction of sp³-hybridized carbons (Fsp3) is 0.111. The van der Waals surface area contributed by atoms with Gasteiger partial charge in [-0.25, -0.2) is 0 Å². The zero-order valence-corrected chi connectivity index (χ0v) is 6.33. The van der Waals surface area contributed by atoms with Crippen molar-refractivity contribution in [3.63, 3.8) is 0 Å². The second-order valence-electron chi connectivity index (χ2n) is 2.70. The van der Waals surface area contributed by atoms with Gasteiger partial charge < -0.3 is 5.32 Å². The Morgan fingerprint density at radius 1 is 1.33 bits per heavy atom. The molecule has 0 saturated carbocycles. The van der Waals surface area contributed by atoms with Crippen LogP contribution in [0.5, 0.6) is 0 Å². The van der Waals surface area contributed by atoms with Gasteiger partial charge >= 0.3 is 0 Å². The first-order chi connectivity index (χ1) is 5.77. The third-order valence-corrected chi connectivity index (χ3v) is 1.86. The van der Waals surface area contributed by atoms with Gasteiger partial charge in [-0.15, -0.1) is 0 Å². The molecule has 0 unspecified atom stereocenters. The summed E-state index contributed by atoms with van der Waals surface area (Å²) in [6.07, 6.45) is 7.72. The van der Waals surface area contributed by atoms with Crippen molar-refractivity contribution in [2.45, 2.75) is 6.42 Å². The first-order valence-corrected chi connectivity index (χ1v) is 3.70. The Kier molecular flexibility index (Phi) is 1.43. The van der Waals surface area contributed by atoms with Crippen LogP contribution in [0.2, 0.25) is 0 Å². The van der Waals surface area contributed by atoms with Gasteiger partial charge in [0, 0.05) is 5.70 Å². The minimum Gasteiger partial charge on any atom is -0.319 e. The highest BCUT2D eigenvalue weighted by atomic mass is 16.2. The summed E-state index contributed by atoms with van der Waals surface area (Å²) in [6, 6.07) is 0. The maximum atomic E-state index is 10.9. The van der Waals surface area contributed by atoms with Crippen LogP contribution in [0, 0.1) is 0 Å². The molecule has 0 saturated heterocycles. The highest BCUT2D eigenvalue weighted by Crippen LogP contribution is 2.19. The van der Waals surface area contributed by atoms with Gasteiger partial charge in [-0.05, 0) is 24.1 Å². The largest absolute Gasteiger partial charge is 0.319 e. The fourth-order valence-corrected chi connectivity index (χ4v) is 1.24. The molecule has 1 aliphatic heterocycles. The van der Waals surface area contributed by atoms with Crippen molar-refractivity contribution in [2.24, 2.45) is 0 Å². The van der Waals surface area contributed by atoms with E-state index in [1.807, 2.05) is 12.2 Å². The summed E-state index contributed by atoms with van der Waals surface area (Å²) in [5.41, 5.74) is 1.64. The Morgan fingerprint density at radius 2 is 2.17 bits per heavy atom. The number of nitrogens with one attached hydrogen (secondary N) is 1. The molecule has 0 aromatic rings. The predicted octanol–water partition coefficient (Wildman–Crippen LogP) is 0.455. The minimum absolute atomic E-state index is 0.461. The Balaban J connectivity index is 2.44. The van der Waals surface area contributed by atoms with E-state index in [1.54, 1.807) is 6.08 Å². The summed E-state index contributed by atoms with van der Waals surface area (Å²) in [4.78, 5) is 21.8. The fourth-order valence-electron chi connectivity index (χ4n) is 1.24. The molecule has 0 aromatic heterocycles. The van der Waals surface area contributed by atoms with Gasteiger partial charge in [0.2, 0.25) is 5.78 Å². The molecule has 0 spiro atoms. The third kappa shape index (κ3) is 0.993. The Morgan fingerprint density at radius 3 is 3.00 bits per heavy atom. The molecular weight excluding hydrogens is 154 g/mol. The molecule has 3 nitrogen and oxygen atoms in total. The molecule has 1 N–H and O–H groups in total. The third-order valence-electron chi connectivity index (χ3n) is 1.86. The minimum atomic E-state index is -0.541. The molecule has 2 rings (SSSR count). The SMILES string of the molecule is O=C1C=C2CC=CC=C2NC1=O. The summed E-state index contributed by atoms with van der Waals surface area (Å²) < 4.78 is 0. The molecule has 0 atom stereocenters. The number of fused-ring (bicyclic) bond motifs is 1. The average molecular weight is 161 g/mol. The summed E-state index contributed by atoms with van der Waals surface area (Å²) in [5.74, 6) is -1.00. The normalized spacial score (nSPS) is 21.0. The van der Waals surface area contributed by atoms with Gasteiger partial charge in [-0.3, -0.25) is 9.59 Å². The van der Waals surface area contributed by atoms with Gasteiger partial charge in [0.15, 0.2) is 0 Å². The van der Waals surface area contributed by atoms with E-state index in [1.165, 1.54) is 6.08 Å². The van der Waals surface area contributed by atoms with E-state index in [2.05, 4.69) is 5.32 Å². The van der Waals surface area contributed by atoms with Crippen molar-refractivity contribution in [3.8, 4) is 0 Å². The standard InChI is InChI=1S/C9H7NO2/c11-8-5-6-3-1-2-4-7(6)10-9(8)12/h1-2,4-5H,3H2,(H,10,12). The Bertz CT molecular complexity index is 348. The van der Waals surface area contributed by atoms with Crippen LogP contribution in [-0.4, -0.2) is 11.7 Å². The Labute approximate surface area is 69.5 Å². The first-order valence-electron chi connectivity index (χ1n) is 3.70. The van der Waals surface area contributed by atoms with Gasteiger partial charge in [0.1, 0.15) is 0 Å². The van der Waals surface area contributed by atoms with Crippen molar-refractivity contribution >= 4 is 11.7 Å². The van der Waals surface area contributed by atoms with Crippen molar-refractivity contribution in [2.75, 3.05) is 0 Å². The van der Waals surface area contributed by atoms with Crippen LogP contribution in [-0.2, 0) is 9.59 Å². The van der Waals surface area contributed by atoms with Gasteiger partial charge in [-0.1, -0.05) is 12.2 Å². The maximum absolute atomic E-state index is 10.9. The molecule has 1 aliphatic carbocycles. The number of carbonyl (C=O) groups excluding carboxylic acids is 2. The van der Waals surface area contributed by atoms with E-state index < -0.39 is 11.7 Å². The molecule has 60 valence electrons. The molecular formula is C9H7NO2. The van der Waals surface area contributed by atoms with Crippen LogP contribution in [0.1, 0.15) is 6.42 Å². The second-order valence-corrected chi connectivity index (χ2v) is 2.70. The van der Waals surface area contributed by atoms with Crippen molar-refractivity contribution < 1.29 is 9.59 Å². The highest BCUT2D eigenvalue weighted by molar-refractivity contribution is 6.42. The summed E-state index contributed by atoms with van der Waals surface area (Å²) in [7, 11) is 0. The van der Waals surface area contributed by atoms with E-state index in [0.717, 1.165) is 17.7 Å². The Hall–Kier alpha value is -1.64. The lowest BCUT2D eigenvalue weighted by molar-refractivity contribution is -0.135. The lowest BCUT2D eigenvalue weighted by atomic mass is 9.99. The number of rotatable bonds is 0. The number of hydrogen-bond donors (Lipinski definition) is 1. The van der Waals surface area contributed by atoms with Crippen LogP contribution < -0.4 is 5.32 Å². The number of hydrogen-bond acceptors (Lipinski definition) is 2.